The van der Waals surface area contributed by atoms with E-state index in [4.69, 9.17) is 4.74 Å². The molecule has 4 heteroatoms. The lowest BCUT2D eigenvalue weighted by molar-refractivity contribution is -0.133. The van der Waals surface area contributed by atoms with Crippen LogP contribution in [0.25, 0.3) is 0 Å². The highest BCUT2D eigenvalue weighted by Gasteiger charge is 2.30. The van der Waals surface area contributed by atoms with Crippen molar-refractivity contribution in [2.75, 3.05) is 26.7 Å². The SMILES string of the molecule is CC1OCCC1N(C)C(=O)CCC1CCNC1. The number of hydrogen-bond donors (Lipinski definition) is 1. The maximum absolute atomic E-state index is 12.1. The van der Waals surface area contributed by atoms with Gasteiger partial charge in [-0.15, -0.1) is 0 Å². The van der Waals surface area contributed by atoms with E-state index in [1.54, 1.807) is 0 Å². The lowest BCUT2D eigenvalue weighted by Gasteiger charge is -2.27. The van der Waals surface area contributed by atoms with Gasteiger partial charge in [-0.05, 0) is 45.2 Å². The van der Waals surface area contributed by atoms with E-state index in [1.807, 2.05) is 11.9 Å². The van der Waals surface area contributed by atoms with Crippen molar-refractivity contribution in [3.63, 3.8) is 0 Å². The zero-order chi connectivity index (χ0) is 12.3. The second-order valence-electron chi connectivity index (χ2n) is 5.33. The van der Waals surface area contributed by atoms with Crippen LogP contribution in [0.3, 0.4) is 0 Å². The molecule has 0 spiro atoms. The van der Waals surface area contributed by atoms with Crippen LogP contribution in [0.2, 0.25) is 0 Å². The molecular formula is C13H24N2O2. The van der Waals surface area contributed by atoms with Gasteiger partial charge in [-0.2, -0.15) is 0 Å². The standard InChI is InChI=1S/C13H24N2O2/c1-10-12(6-8-17-10)15(2)13(16)4-3-11-5-7-14-9-11/h10-12,14H,3-9H2,1-2H3. The Morgan fingerprint density at radius 2 is 2.29 bits per heavy atom. The maximum Gasteiger partial charge on any atom is 0.222 e. The van der Waals surface area contributed by atoms with Crippen molar-refractivity contribution >= 4 is 5.91 Å². The summed E-state index contributed by atoms with van der Waals surface area (Å²) in [6.07, 6.45) is 4.11. The number of nitrogens with zero attached hydrogens (tertiary/aromatic N) is 1. The summed E-state index contributed by atoms with van der Waals surface area (Å²) >= 11 is 0. The van der Waals surface area contributed by atoms with Crippen LogP contribution in [0.4, 0.5) is 0 Å². The van der Waals surface area contributed by atoms with Crippen molar-refractivity contribution in [1.82, 2.24) is 10.2 Å². The minimum atomic E-state index is 0.192. The zero-order valence-corrected chi connectivity index (χ0v) is 10.9. The van der Waals surface area contributed by atoms with Gasteiger partial charge < -0.3 is 15.0 Å². The normalized spacial score (nSPS) is 32.9. The van der Waals surface area contributed by atoms with E-state index in [2.05, 4.69) is 12.2 Å². The van der Waals surface area contributed by atoms with Gasteiger partial charge in [0.2, 0.25) is 5.91 Å². The van der Waals surface area contributed by atoms with Gasteiger partial charge in [0.25, 0.3) is 0 Å². The van der Waals surface area contributed by atoms with E-state index in [9.17, 15) is 4.79 Å². The van der Waals surface area contributed by atoms with Gasteiger partial charge in [-0.3, -0.25) is 4.79 Å². The van der Waals surface area contributed by atoms with E-state index in [-0.39, 0.29) is 18.1 Å². The highest BCUT2D eigenvalue weighted by molar-refractivity contribution is 5.76. The number of nitrogens with one attached hydrogen (secondary N) is 1. The van der Waals surface area contributed by atoms with Gasteiger partial charge in [0.15, 0.2) is 0 Å². The lowest BCUT2D eigenvalue weighted by Crippen LogP contribution is -2.41. The number of rotatable bonds is 4. The summed E-state index contributed by atoms with van der Waals surface area (Å²) in [5.41, 5.74) is 0. The summed E-state index contributed by atoms with van der Waals surface area (Å²) in [4.78, 5) is 14.0. The molecular weight excluding hydrogens is 216 g/mol. The Balaban J connectivity index is 1.74. The Labute approximate surface area is 104 Å². The van der Waals surface area contributed by atoms with Crippen LogP contribution < -0.4 is 5.32 Å². The molecule has 0 bridgehead atoms. The molecule has 2 rings (SSSR count). The average molecular weight is 240 g/mol. The number of carbonyl (C=O) groups excluding carboxylic acids is 1. The Bertz CT molecular complexity index is 264. The molecule has 0 aromatic rings. The quantitative estimate of drug-likeness (QED) is 0.797. The Hall–Kier alpha value is -0.610. The number of carbonyl (C=O) groups is 1. The number of likely N-dealkylation sites (N-methyl/N-ethyl adjacent to an activating group) is 1. The highest BCUT2D eigenvalue weighted by Crippen LogP contribution is 2.20. The molecule has 1 amide bonds. The third kappa shape index (κ3) is 3.19. The first-order valence-electron chi connectivity index (χ1n) is 6.76. The number of hydrogen-bond acceptors (Lipinski definition) is 3. The summed E-state index contributed by atoms with van der Waals surface area (Å²) in [6.45, 7) is 5.04. The number of ether oxygens (including phenoxy) is 1. The fourth-order valence-corrected chi connectivity index (χ4v) is 2.88. The molecule has 3 atom stereocenters. The van der Waals surface area contributed by atoms with Gasteiger partial charge >= 0.3 is 0 Å². The van der Waals surface area contributed by atoms with Gasteiger partial charge in [-0.1, -0.05) is 0 Å². The summed E-state index contributed by atoms with van der Waals surface area (Å²) in [7, 11) is 1.92. The summed E-state index contributed by atoms with van der Waals surface area (Å²) < 4.78 is 5.51. The van der Waals surface area contributed by atoms with E-state index in [0.717, 1.165) is 32.5 Å². The minimum absolute atomic E-state index is 0.192. The second-order valence-corrected chi connectivity index (χ2v) is 5.33. The van der Waals surface area contributed by atoms with Crippen molar-refractivity contribution in [3.8, 4) is 0 Å². The fraction of sp³-hybridized carbons (Fsp3) is 0.923. The molecule has 2 fully saturated rings. The van der Waals surface area contributed by atoms with E-state index >= 15 is 0 Å². The molecule has 0 aromatic carbocycles. The molecule has 0 radical (unpaired) electrons. The molecule has 0 aromatic heterocycles. The molecule has 1 N–H and O–H groups in total. The van der Waals surface area contributed by atoms with Crippen molar-refractivity contribution in [3.05, 3.63) is 0 Å². The summed E-state index contributed by atoms with van der Waals surface area (Å²) in [6, 6.07) is 0.282. The molecule has 0 saturated carbocycles. The largest absolute Gasteiger partial charge is 0.376 e. The second kappa shape index (κ2) is 5.83. The predicted molar refractivity (Wildman–Crippen MR) is 66.8 cm³/mol. The van der Waals surface area contributed by atoms with E-state index in [0.29, 0.717) is 12.3 Å². The monoisotopic (exact) mass is 240 g/mol. The highest BCUT2D eigenvalue weighted by atomic mass is 16.5. The average Bonchev–Trinajstić information content (AvgIpc) is 2.95. The molecule has 17 heavy (non-hydrogen) atoms. The van der Waals surface area contributed by atoms with Gasteiger partial charge in [-0.25, -0.2) is 0 Å². The molecule has 2 saturated heterocycles. The molecule has 2 aliphatic rings. The first kappa shape index (κ1) is 12.8. The first-order valence-corrected chi connectivity index (χ1v) is 6.76. The van der Waals surface area contributed by atoms with Crippen LogP contribution in [-0.2, 0) is 9.53 Å². The third-order valence-corrected chi connectivity index (χ3v) is 4.16. The fourth-order valence-electron chi connectivity index (χ4n) is 2.88. The first-order chi connectivity index (χ1) is 8.18. The molecule has 0 aliphatic carbocycles. The maximum atomic E-state index is 12.1. The summed E-state index contributed by atoms with van der Waals surface area (Å²) in [5, 5.41) is 3.34. The van der Waals surface area contributed by atoms with Gasteiger partial charge in [0, 0.05) is 20.1 Å². The number of amides is 1. The van der Waals surface area contributed by atoms with E-state index in [1.165, 1.54) is 6.42 Å². The Morgan fingerprint density at radius 3 is 2.88 bits per heavy atom. The third-order valence-electron chi connectivity index (χ3n) is 4.16. The van der Waals surface area contributed by atoms with Crippen LogP contribution in [0.15, 0.2) is 0 Å². The van der Waals surface area contributed by atoms with Crippen molar-refractivity contribution in [2.24, 2.45) is 5.92 Å². The predicted octanol–water partition coefficient (Wildman–Crippen LogP) is 1.01. The van der Waals surface area contributed by atoms with Crippen molar-refractivity contribution in [1.29, 1.82) is 0 Å². The van der Waals surface area contributed by atoms with Crippen LogP contribution in [0.5, 0.6) is 0 Å². The van der Waals surface area contributed by atoms with Crippen LogP contribution in [0.1, 0.15) is 32.6 Å². The molecule has 2 heterocycles. The zero-order valence-electron chi connectivity index (χ0n) is 10.9. The van der Waals surface area contributed by atoms with Crippen LogP contribution in [0, 0.1) is 5.92 Å². The lowest BCUT2D eigenvalue weighted by atomic mass is 10.0. The molecule has 98 valence electrons. The van der Waals surface area contributed by atoms with Crippen molar-refractivity contribution in [2.45, 2.75) is 44.8 Å². The summed E-state index contributed by atoms with van der Waals surface area (Å²) in [5.74, 6) is 0.976. The van der Waals surface area contributed by atoms with Crippen molar-refractivity contribution < 1.29 is 9.53 Å². The molecule has 3 unspecified atom stereocenters. The Kier molecular flexibility index (Phi) is 4.40. The smallest absolute Gasteiger partial charge is 0.222 e. The van der Waals surface area contributed by atoms with Gasteiger partial charge in [0.05, 0.1) is 12.1 Å². The molecule has 2 aliphatic heterocycles. The van der Waals surface area contributed by atoms with Crippen LogP contribution in [-0.4, -0.2) is 49.7 Å². The topological polar surface area (TPSA) is 41.6 Å². The van der Waals surface area contributed by atoms with Crippen LogP contribution >= 0.6 is 0 Å². The van der Waals surface area contributed by atoms with E-state index < -0.39 is 0 Å². The molecule has 4 nitrogen and oxygen atoms in total. The van der Waals surface area contributed by atoms with Gasteiger partial charge in [0.1, 0.15) is 0 Å². The Morgan fingerprint density at radius 1 is 1.47 bits per heavy atom. The minimum Gasteiger partial charge on any atom is -0.376 e.